The Balaban J connectivity index is 2.30. The van der Waals surface area contributed by atoms with Gasteiger partial charge in [0.25, 0.3) is 0 Å². The lowest BCUT2D eigenvalue weighted by Gasteiger charge is -1.99. The van der Waals surface area contributed by atoms with Gasteiger partial charge in [0, 0.05) is 10.9 Å². The van der Waals surface area contributed by atoms with E-state index in [2.05, 4.69) is 11.1 Å². The van der Waals surface area contributed by atoms with Crippen LogP contribution in [0.1, 0.15) is 24.3 Å². The zero-order valence-electron chi connectivity index (χ0n) is 9.05. The lowest BCUT2D eigenvalue weighted by atomic mass is 10.1. The molecular formula is C13H12N2S. The first-order valence-corrected chi connectivity index (χ1v) is 6.13. The van der Waals surface area contributed by atoms with Gasteiger partial charge in [0.05, 0.1) is 17.7 Å². The maximum atomic E-state index is 8.98. The maximum Gasteiger partial charge on any atom is 0.110 e. The Morgan fingerprint density at radius 1 is 1.38 bits per heavy atom. The van der Waals surface area contributed by atoms with Crippen molar-refractivity contribution in [3.05, 3.63) is 40.7 Å². The molecule has 2 rings (SSSR count). The minimum Gasteiger partial charge on any atom is -0.240 e. The van der Waals surface area contributed by atoms with Crippen molar-refractivity contribution in [2.45, 2.75) is 19.3 Å². The van der Waals surface area contributed by atoms with Gasteiger partial charge in [-0.25, -0.2) is 4.98 Å². The first kappa shape index (κ1) is 10.8. The number of hydrogen-bond donors (Lipinski definition) is 0. The molecule has 0 bridgehead atoms. The van der Waals surface area contributed by atoms with Crippen LogP contribution in [0.5, 0.6) is 0 Å². The van der Waals surface area contributed by atoms with Crippen molar-refractivity contribution in [1.29, 1.82) is 5.26 Å². The molecule has 0 aliphatic carbocycles. The molecule has 0 spiro atoms. The molecule has 0 N–H and O–H groups in total. The van der Waals surface area contributed by atoms with E-state index in [0.29, 0.717) is 0 Å². The molecule has 0 radical (unpaired) electrons. The highest BCUT2D eigenvalue weighted by molar-refractivity contribution is 7.10. The third-order valence-corrected chi connectivity index (χ3v) is 3.41. The van der Waals surface area contributed by atoms with Crippen LogP contribution in [-0.2, 0) is 0 Å². The fraction of sp³-hybridized carbons (Fsp3) is 0.231. The smallest absolute Gasteiger partial charge is 0.110 e. The van der Waals surface area contributed by atoms with Crippen LogP contribution in [-0.4, -0.2) is 4.98 Å². The van der Waals surface area contributed by atoms with Crippen molar-refractivity contribution in [3.8, 4) is 17.3 Å². The summed E-state index contributed by atoms with van der Waals surface area (Å²) in [6.07, 6.45) is 0.818. The number of rotatable bonds is 3. The highest BCUT2D eigenvalue weighted by atomic mass is 32.1. The maximum absolute atomic E-state index is 8.98. The van der Waals surface area contributed by atoms with Crippen LogP contribution in [0.15, 0.2) is 35.7 Å². The van der Waals surface area contributed by atoms with Crippen LogP contribution in [0.4, 0.5) is 0 Å². The minimum absolute atomic E-state index is 0.0672. The summed E-state index contributed by atoms with van der Waals surface area (Å²) in [5, 5.41) is 11.9. The Morgan fingerprint density at radius 3 is 2.75 bits per heavy atom. The van der Waals surface area contributed by atoms with Crippen LogP contribution >= 0.6 is 11.3 Å². The molecule has 0 amide bonds. The van der Waals surface area contributed by atoms with Gasteiger partial charge in [-0.1, -0.05) is 37.3 Å². The van der Waals surface area contributed by atoms with Gasteiger partial charge in [-0.3, -0.25) is 0 Å². The number of benzene rings is 1. The molecule has 1 unspecified atom stereocenters. The highest BCUT2D eigenvalue weighted by Crippen LogP contribution is 2.27. The number of nitrogens with zero attached hydrogens (tertiary/aromatic N) is 2. The molecule has 0 aliphatic heterocycles. The summed E-state index contributed by atoms with van der Waals surface area (Å²) >= 11 is 1.57. The molecule has 0 saturated heterocycles. The molecule has 1 aromatic carbocycles. The molecule has 3 heteroatoms. The Hall–Kier alpha value is -1.66. The summed E-state index contributed by atoms with van der Waals surface area (Å²) in [6.45, 7) is 2.01. The second kappa shape index (κ2) is 4.91. The molecule has 0 saturated carbocycles. The summed E-state index contributed by atoms with van der Waals surface area (Å²) in [5.41, 5.74) is 2.08. The van der Waals surface area contributed by atoms with Gasteiger partial charge in [0.2, 0.25) is 0 Å². The monoisotopic (exact) mass is 228 g/mol. The third kappa shape index (κ3) is 2.12. The van der Waals surface area contributed by atoms with E-state index in [1.54, 1.807) is 11.3 Å². The summed E-state index contributed by atoms with van der Waals surface area (Å²) < 4.78 is 0. The zero-order valence-corrected chi connectivity index (χ0v) is 9.87. The molecule has 1 atom stereocenters. The van der Waals surface area contributed by atoms with Crippen molar-refractivity contribution < 1.29 is 0 Å². The summed E-state index contributed by atoms with van der Waals surface area (Å²) in [7, 11) is 0. The number of aromatic nitrogens is 1. The molecule has 1 aromatic heterocycles. The first-order chi connectivity index (χ1) is 7.85. The van der Waals surface area contributed by atoms with Crippen LogP contribution in [0.3, 0.4) is 0 Å². The van der Waals surface area contributed by atoms with Crippen molar-refractivity contribution >= 4 is 11.3 Å². The van der Waals surface area contributed by atoms with E-state index in [1.165, 1.54) is 0 Å². The minimum atomic E-state index is -0.0672. The van der Waals surface area contributed by atoms with Gasteiger partial charge in [-0.15, -0.1) is 11.3 Å². The SMILES string of the molecule is CCC(C#N)c1nc(-c2ccccc2)cs1. The first-order valence-electron chi connectivity index (χ1n) is 5.25. The van der Waals surface area contributed by atoms with Crippen molar-refractivity contribution in [3.63, 3.8) is 0 Å². The quantitative estimate of drug-likeness (QED) is 0.800. The molecule has 80 valence electrons. The highest BCUT2D eigenvalue weighted by Gasteiger charge is 2.13. The Morgan fingerprint density at radius 2 is 2.12 bits per heavy atom. The van der Waals surface area contributed by atoms with Crippen molar-refractivity contribution in [2.75, 3.05) is 0 Å². The number of nitriles is 1. The average Bonchev–Trinajstić information content (AvgIpc) is 2.81. The van der Waals surface area contributed by atoms with Crippen LogP contribution in [0, 0.1) is 11.3 Å². The van der Waals surface area contributed by atoms with E-state index in [0.717, 1.165) is 22.7 Å². The van der Waals surface area contributed by atoms with E-state index in [1.807, 2.05) is 42.6 Å². The predicted molar refractivity (Wildman–Crippen MR) is 66.2 cm³/mol. The molecule has 2 aromatic rings. The predicted octanol–water partition coefficient (Wildman–Crippen LogP) is 3.83. The van der Waals surface area contributed by atoms with E-state index < -0.39 is 0 Å². The summed E-state index contributed by atoms with van der Waals surface area (Å²) in [5.74, 6) is -0.0672. The van der Waals surface area contributed by atoms with Crippen molar-refractivity contribution in [1.82, 2.24) is 4.98 Å². The molecule has 0 fully saturated rings. The van der Waals surface area contributed by atoms with E-state index in [-0.39, 0.29) is 5.92 Å². The fourth-order valence-electron chi connectivity index (χ4n) is 1.51. The van der Waals surface area contributed by atoms with Gasteiger partial charge in [-0.05, 0) is 6.42 Å². The molecule has 2 nitrogen and oxygen atoms in total. The van der Waals surface area contributed by atoms with E-state index >= 15 is 0 Å². The fourth-order valence-corrected chi connectivity index (χ4v) is 2.47. The Kier molecular flexibility index (Phi) is 3.33. The largest absolute Gasteiger partial charge is 0.240 e. The molecular weight excluding hydrogens is 216 g/mol. The summed E-state index contributed by atoms with van der Waals surface area (Å²) in [6, 6.07) is 12.3. The van der Waals surface area contributed by atoms with Gasteiger partial charge >= 0.3 is 0 Å². The topological polar surface area (TPSA) is 36.7 Å². The molecule has 0 aliphatic rings. The standard InChI is InChI=1S/C13H12N2S/c1-2-10(8-14)13-15-12(9-16-13)11-6-4-3-5-7-11/h3-7,9-10H,2H2,1H3. The van der Waals surface area contributed by atoms with Gasteiger partial charge in [-0.2, -0.15) is 5.26 Å². The zero-order chi connectivity index (χ0) is 11.4. The lowest BCUT2D eigenvalue weighted by Crippen LogP contribution is -1.92. The third-order valence-electron chi connectivity index (χ3n) is 2.45. The Bertz CT molecular complexity index is 496. The Labute approximate surface area is 99.2 Å². The van der Waals surface area contributed by atoms with Gasteiger partial charge < -0.3 is 0 Å². The van der Waals surface area contributed by atoms with Crippen molar-refractivity contribution in [2.24, 2.45) is 0 Å². The van der Waals surface area contributed by atoms with E-state index in [4.69, 9.17) is 5.26 Å². The van der Waals surface area contributed by atoms with Crippen LogP contribution < -0.4 is 0 Å². The molecule has 1 heterocycles. The van der Waals surface area contributed by atoms with Crippen LogP contribution in [0.2, 0.25) is 0 Å². The van der Waals surface area contributed by atoms with Crippen LogP contribution in [0.25, 0.3) is 11.3 Å². The summed E-state index contributed by atoms with van der Waals surface area (Å²) in [4.78, 5) is 4.52. The second-order valence-electron chi connectivity index (χ2n) is 3.53. The lowest BCUT2D eigenvalue weighted by molar-refractivity contribution is 0.810. The van der Waals surface area contributed by atoms with Gasteiger partial charge in [0.1, 0.15) is 5.01 Å². The normalized spacial score (nSPS) is 12.0. The second-order valence-corrected chi connectivity index (χ2v) is 4.42. The van der Waals surface area contributed by atoms with E-state index in [9.17, 15) is 0 Å². The molecule has 16 heavy (non-hydrogen) atoms. The number of thiazole rings is 1. The number of hydrogen-bond acceptors (Lipinski definition) is 3. The van der Waals surface area contributed by atoms with Gasteiger partial charge in [0.15, 0.2) is 0 Å². The average molecular weight is 228 g/mol.